The van der Waals surface area contributed by atoms with E-state index in [1.807, 2.05) is 45.3 Å². The van der Waals surface area contributed by atoms with Crippen LogP contribution in [0.5, 0.6) is 0 Å². The Morgan fingerprint density at radius 3 is 2.63 bits per heavy atom. The fraction of sp³-hybridized carbons (Fsp3) is 0.400. The summed E-state index contributed by atoms with van der Waals surface area (Å²) in [5, 5.41) is 10.2. The van der Waals surface area contributed by atoms with E-state index in [4.69, 9.17) is 0 Å². The monoisotopic (exact) mass is 260 g/mol. The van der Waals surface area contributed by atoms with Crippen molar-refractivity contribution in [3.63, 3.8) is 0 Å². The summed E-state index contributed by atoms with van der Waals surface area (Å²) in [6.45, 7) is 3.73. The van der Waals surface area contributed by atoms with Gasteiger partial charge in [0.25, 0.3) is 0 Å². The molecule has 4 heteroatoms. The largest absolute Gasteiger partial charge is 0.478 e. The van der Waals surface area contributed by atoms with Gasteiger partial charge in [0.15, 0.2) is 0 Å². The maximum Gasteiger partial charge on any atom is 0.338 e. The van der Waals surface area contributed by atoms with Gasteiger partial charge in [-0.3, -0.25) is 0 Å². The van der Waals surface area contributed by atoms with Crippen LogP contribution in [0.25, 0.3) is 10.9 Å². The molecule has 0 spiro atoms. The highest BCUT2D eigenvalue weighted by atomic mass is 16.4. The fourth-order valence-corrected chi connectivity index (χ4v) is 2.53. The van der Waals surface area contributed by atoms with E-state index < -0.39 is 5.97 Å². The molecule has 1 aromatic heterocycles. The lowest BCUT2D eigenvalue weighted by Gasteiger charge is -2.12. The molecule has 102 valence electrons. The van der Waals surface area contributed by atoms with Crippen molar-refractivity contribution in [1.29, 1.82) is 0 Å². The minimum atomic E-state index is -0.847. The molecule has 0 radical (unpaired) electrons. The molecule has 2 aromatic rings. The van der Waals surface area contributed by atoms with Crippen LogP contribution >= 0.6 is 0 Å². The van der Waals surface area contributed by atoms with Crippen LogP contribution in [0.3, 0.4) is 0 Å². The van der Waals surface area contributed by atoms with E-state index in [0.29, 0.717) is 5.56 Å². The van der Waals surface area contributed by atoms with Crippen molar-refractivity contribution in [2.45, 2.75) is 19.9 Å². The van der Waals surface area contributed by atoms with Crippen LogP contribution in [-0.2, 0) is 6.54 Å². The highest BCUT2D eigenvalue weighted by Crippen LogP contribution is 2.26. The Balaban J connectivity index is 2.42. The lowest BCUT2D eigenvalue weighted by atomic mass is 10.1. The Morgan fingerprint density at radius 1 is 1.32 bits per heavy atom. The highest BCUT2D eigenvalue weighted by Gasteiger charge is 2.18. The number of hydrogen-bond donors (Lipinski definition) is 1. The summed E-state index contributed by atoms with van der Waals surface area (Å²) in [4.78, 5) is 13.5. The Labute approximate surface area is 113 Å². The molecule has 1 N–H and O–H groups in total. The molecule has 1 heterocycles. The van der Waals surface area contributed by atoms with Gasteiger partial charge in [0, 0.05) is 23.1 Å². The highest BCUT2D eigenvalue weighted by molar-refractivity contribution is 6.05. The summed E-state index contributed by atoms with van der Waals surface area (Å²) >= 11 is 0. The maximum absolute atomic E-state index is 11.4. The number of fused-ring (bicyclic) bond motifs is 1. The molecule has 4 nitrogen and oxygen atoms in total. The molecule has 0 amide bonds. The van der Waals surface area contributed by atoms with E-state index in [0.717, 1.165) is 36.1 Å². The molecule has 19 heavy (non-hydrogen) atoms. The van der Waals surface area contributed by atoms with Crippen LogP contribution in [0.4, 0.5) is 0 Å². The summed E-state index contributed by atoms with van der Waals surface area (Å²) < 4.78 is 2.11. The van der Waals surface area contributed by atoms with E-state index >= 15 is 0 Å². The first-order chi connectivity index (χ1) is 9.02. The van der Waals surface area contributed by atoms with Gasteiger partial charge in [-0.2, -0.15) is 0 Å². The molecule has 0 aliphatic heterocycles. The normalized spacial score (nSPS) is 11.4. The van der Waals surface area contributed by atoms with Gasteiger partial charge in [0.05, 0.1) is 5.56 Å². The van der Waals surface area contributed by atoms with Crippen molar-refractivity contribution < 1.29 is 9.90 Å². The Kier molecular flexibility index (Phi) is 3.90. The number of carboxylic acid groups (broad SMARTS) is 1. The summed E-state index contributed by atoms with van der Waals surface area (Å²) in [5.74, 6) is -0.847. The van der Waals surface area contributed by atoms with Crippen LogP contribution in [0, 0.1) is 6.92 Å². The van der Waals surface area contributed by atoms with Gasteiger partial charge in [0.2, 0.25) is 0 Å². The number of hydrogen-bond acceptors (Lipinski definition) is 2. The molecule has 0 saturated heterocycles. The van der Waals surface area contributed by atoms with Crippen molar-refractivity contribution in [2.75, 3.05) is 20.6 Å². The molecule has 0 aliphatic rings. The van der Waals surface area contributed by atoms with Crippen LogP contribution in [0.2, 0.25) is 0 Å². The molecule has 0 atom stereocenters. The summed E-state index contributed by atoms with van der Waals surface area (Å²) in [7, 11) is 4.09. The zero-order valence-corrected chi connectivity index (χ0v) is 11.7. The van der Waals surface area contributed by atoms with Gasteiger partial charge in [-0.25, -0.2) is 4.79 Å². The smallest absolute Gasteiger partial charge is 0.338 e. The number of nitrogens with zero attached hydrogens (tertiary/aromatic N) is 2. The Bertz CT molecular complexity index is 599. The number of benzene rings is 1. The summed E-state index contributed by atoms with van der Waals surface area (Å²) in [6, 6.07) is 7.72. The predicted molar refractivity (Wildman–Crippen MR) is 76.8 cm³/mol. The Hall–Kier alpha value is -1.81. The number of rotatable bonds is 5. The minimum absolute atomic E-state index is 0.431. The summed E-state index contributed by atoms with van der Waals surface area (Å²) in [6.07, 6.45) is 1.01. The van der Waals surface area contributed by atoms with Gasteiger partial charge < -0.3 is 14.6 Å². The standard InChI is InChI=1S/C15H20N2O2/c1-11-14(15(18)19)12-7-4-5-8-13(12)17(11)10-6-9-16(2)3/h4-5,7-8H,6,9-10H2,1-3H3,(H,18,19). The van der Waals surface area contributed by atoms with Crippen molar-refractivity contribution in [2.24, 2.45) is 0 Å². The second-order valence-electron chi connectivity index (χ2n) is 5.09. The molecule has 0 bridgehead atoms. The lowest BCUT2D eigenvalue weighted by Crippen LogP contribution is -2.15. The SMILES string of the molecule is Cc1c(C(=O)O)c2ccccc2n1CCCN(C)C. The van der Waals surface area contributed by atoms with Crippen molar-refractivity contribution >= 4 is 16.9 Å². The van der Waals surface area contributed by atoms with E-state index in [-0.39, 0.29) is 0 Å². The third-order valence-electron chi connectivity index (χ3n) is 3.43. The average molecular weight is 260 g/mol. The van der Waals surface area contributed by atoms with E-state index in [1.165, 1.54) is 0 Å². The Morgan fingerprint density at radius 2 is 2.00 bits per heavy atom. The number of aromatic carboxylic acids is 1. The maximum atomic E-state index is 11.4. The van der Waals surface area contributed by atoms with Gasteiger partial charge in [-0.05, 0) is 40.1 Å². The van der Waals surface area contributed by atoms with Crippen molar-refractivity contribution in [3.8, 4) is 0 Å². The van der Waals surface area contributed by atoms with Crippen LogP contribution < -0.4 is 0 Å². The number of aryl methyl sites for hydroxylation is 1. The first-order valence-electron chi connectivity index (χ1n) is 6.48. The molecular formula is C15H20N2O2. The molecule has 1 aromatic carbocycles. The number of carbonyl (C=O) groups is 1. The molecule has 0 saturated carbocycles. The van der Waals surface area contributed by atoms with Gasteiger partial charge in [-0.15, -0.1) is 0 Å². The van der Waals surface area contributed by atoms with E-state index in [9.17, 15) is 9.90 Å². The van der Waals surface area contributed by atoms with E-state index in [2.05, 4.69) is 9.47 Å². The van der Waals surface area contributed by atoms with Crippen molar-refractivity contribution in [1.82, 2.24) is 9.47 Å². The molecular weight excluding hydrogens is 240 g/mol. The third-order valence-corrected chi connectivity index (χ3v) is 3.43. The zero-order chi connectivity index (χ0) is 14.0. The first-order valence-corrected chi connectivity index (χ1v) is 6.48. The number of para-hydroxylation sites is 1. The van der Waals surface area contributed by atoms with Crippen molar-refractivity contribution in [3.05, 3.63) is 35.5 Å². The number of carboxylic acids is 1. The second-order valence-corrected chi connectivity index (χ2v) is 5.09. The topological polar surface area (TPSA) is 45.5 Å². The average Bonchev–Trinajstić information content (AvgIpc) is 2.62. The second kappa shape index (κ2) is 5.45. The van der Waals surface area contributed by atoms with Crippen LogP contribution in [0.1, 0.15) is 22.5 Å². The van der Waals surface area contributed by atoms with E-state index in [1.54, 1.807) is 0 Å². The van der Waals surface area contributed by atoms with Gasteiger partial charge in [-0.1, -0.05) is 18.2 Å². The minimum Gasteiger partial charge on any atom is -0.478 e. The van der Waals surface area contributed by atoms with Gasteiger partial charge in [0.1, 0.15) is 0 Å². The molecule has 0 unspecified atom stereocenters. The van der Waals surface area contributed by atoms with Gasteiger partial charge >= 0.3 is 5.97 Å². The quantitative estimate of drug-likeness (QED) is 0.898. The third kappa shape index (κ3) is 2.63. The molecule has 2 rings (SSSR count). The van der Waals surface area contributed by atoms with Crippen LogP contribution in [0.15, 0.2) is 24.3 Å². The predicted octanol–water partition coefficient (Wildman–Crippen LogP) is 2.60. The van der Waals surface area contributed by atoms with Crippen LogP contribution in [-0.4, -0.2) is 41.2 Å². The number of aromatic nitrogens is 1. The first kappa shape index (κ1) is 13.6. The summed E-state index contributed by atoms with van der Waals surface area (Å²) in [5.41, 5.74) is 2.28. The molecule has 0 aliphatic carbocycles. The molecule has 0 fully saturated rings. The fourth-order valence-electron chi connectivity index (χ4n) is 2.53. The lowest BCUT2D eigenvalue weighted by molar-refractivity contribution is 0.0698. The zero-order valence-electron chi connectivity index (χ0n) is 11.7.